The summed E-state index contributed by atoms with van der Waals surface area (Å²) >= 11 is 0. The standard InChI is InChI=1S/C14H20N/c1-3-8-14(9-4-1)10-7-13-15-11-5-2-6-12-15/h1,3-5,8-9H,2,6-7,10-13H2. The smallest absolute Gasteiger partial charge is 0.00128 e. The van der Waals surface area contributed by atoms with Gasteiger partial charge in [0.15, 0.2) is 0 Å². The van der Waals surface area contributed by atoms with Crippen molar-refractivity contribution in [2.24, 2.45) is 0 Å². The van der Waals surface area contributed by atoms with Crippen LogP contribution in [-0.2, 0) is 6.42 Å². The Morgan fingerprint density at radius 3 is 2.73 bits per heavy atom. The van der Waals surface area contributed by atoms with Gasteiger partial charge in [0.25, 0.3) is 0 Å². The van der Waals surface area contributed by atoms with Gasteiger partial charge in [-0.05, 0) is 50.8 Å². The molecule has 1 aliphatic heterocycles. The maximum absolute atomic E-state index is 2.56. The van der Waals surface area contributed by atoms with Crippen LogP contribution in [0.5, 0.6) is 0 Å². The number of piperidine rings is 1. The van der Waals surface area contributed by atoms with Gasteiger partial charge in [-0.25, -0.2) is 0 Å². The first kappa shape index (κ1) is 10.7. The summed E-state index contributed by atoms with van der Waals surface area (Å²) in [4.78, 5) is 2.56. The van der Waals surface area contributed by atoms with E-state index in [9.17, 15) is 0 Å². The average Bonchev–Trinajstić information content (AvgIpc) is 2.32. The van der Waals surface area contributed by atoms with Gasteiger partial charge < -0.3 is 4.90 Å². The van der Waals surface area contributed by atoms with Crippen molar-refractivity contribution in [2.75, 3.05) is 19.6 Å². The van der Waals surface area contributed by atoms with Gasteiger partial charge >= 0.3 is 0 Å². The van der Waals surface area contributed by atoms with Crippen LogP contribution in [0.25, 0.3) is 0 Å². The van der Waals surface area contributed by atoms with E-state index in [1.165, 1.54) is 50.9 Å². The van der Waals surface area contributed by atoms with Crippen LogP contribution in [0.4, 0.5) is 0 Å². The first-order valence-corrected chi connectivity index (χ1v) is 6.03. The van der Waals surface area contributed by atoms with Gasteiger partial charge in [-0.3, -0.25) is 0 Å². The molecule has 1 fully saturated rings. The molecule has 1 aromatic rings. The van der Waals surface area contributed by atoms with Crippen molar-refractivity contribution in [3.8, 4) is 0 Å². The monoisotopic (exact) mass is 202 g/mol. The Balaban J connectivity index is 1.66. The second kappa shape index (κ2) is 5.92. The Labute approximate surface area is 93.1 Å². The molecule has 0 spiro atoms. The van der Waals surface area contributed by atoms with E-state index in [2.05, 4.69) is 41.7 Å². The highest BCUT2D eigenvalue weighted by Gasteiger charge is 2.08. The number of rotatable bonds is 4. The molecule has 1 radical (unpaired) electrons. The van der Waals surface area contributed by atoms with E-state index in [1.807, 2.05) is 0 Å². The molecule has 0 aliphatic carbocycles. The van der Waals surface area contributed by atoms with Crippen molar-refractivity contribution >= 4 is 0 Å². The zero-order chi connectivity index (χ0) is 10.3. The van der Waals surface area contributed by atoms with Crippen molar-refractivity contribution in [3.05, 3.63) is 42.3 Å². The van der Waals surface area contributed by atoms with Crippen molar-refractivity contribution in [1.82, 2.24) is 4.90 Å². The maximum atomic E-state index is 2.56. The van der Waals surface area contributed by atoms with Gasteiger partial charge in [-0.1, -0.05) is 30.3 Å². The molecule has 0 amide bonds. The second-order valence-electron chi connectivity index (χ2n) is 4.32. The lowest BCUT2D eigenvalue weighted by Crippen LogP contribution is -2.31. The number of aryl methyl sites for hydroxylation is 1. The number of benzene rings is 1. The average molecular weight is 202 g/mol. The van der Waals surface area contributed by atoms with E-state index in [1.54, 1.807) is 0 Å². The third-order valence-corrected chi connectivity index (χ3v) is 3.05. The van der Waals surface area contributed by atoms with Crippen LogP contribution in [-0.4, -0.2) is 24.5 Å². The molecule has 0 unspecified atom stereocenters. The Morgan fingerprint density at radius 1 is 1.13 bits per heavy atom. The molecule has 0 N–H and O–H groups in total. The molecular weight excluding hydrogens is 182 g/mol. The van der Waals surface area contributed by atoms with Gasteiger partial charge in [0.2, 0.25) is 0 Å². The van der Waals surface area contributed by atoms with Crippen LogP contribution in [0.2, 0.25) is 0 Å². The lowest BCUT2D eigenvalue weighted by Gasteiger charge is -2.26. The van der Waals surface area contributed by atoms with Crippen LogP contribution >= 0.6 is 0 Å². The van der Waals surface area contributed by atoms with Gasteiger partial charge in [-0.2, -0.15) is 0 Å². The summed E-state index contributed by atoms with van der Waals surface area (Å²) in [6.45, 7) is 3.76. The highest BCUT2D eigenvalue weighted by Crippen LogP contribution is 2.09. The summed E-state index contributed by atoms with van der Waals surface area (Å²) in [6.07, 6.45) is 7.59. The molecule has 1 nitrogen and oxygen atoms in total. The number of hydrogen-bond acceptors (Lipinski definition) is 1. The number of hydrogen-bond donors (Lipinski definition) is 0. The zero-order valence-corrected chi connectivity index (χ0v) is 9.36. The minimum Gasteiger partial charge on any atom is -0.303 e. The minimum atomic E-state index is 1.20. The Kier molecular flexibility index (Phi) is 4.22. The molecular formula is C14H20N. The predicted octanol–water partition coefficient (Wildman–Crippen LogP) is 2.92. The maximum Gasteiger partial charge on any atom is 0.00128 e. The van der Waals surface area contributed by atoms with Crippen LogP contribution in [0, 0.1) is 6.42 Å². The molecule has 1 aliphatic rings. The zero-order valence-electron chi connectivity index (χ0n) is 9.36. The molecule has 81 valence electrons. The molecule has 0 saturated carbocycles. The van der Waals surface area contributed by atoms with Crippen molar-refractivity contribution in [2.45, 2.75) is 25.7 Å². The van der Waals surface area contributed by atoms with Gasteiger partial charge in [0.1, 0.15) is 0 Å². The quantitative estimate of drug-likeness (QED) is 0.725. The van der Waals surface area contributed by atoms with E-state index in [0.29, 0.717) is 0 Å². The second-order valence-corrected chi connectivity index (χ2v) is 4.32. The van der Waals surface area contributed by atoms with Crippen LogP contribution < -0.4 is 0 Å². The first-order chi connectivity index (χ1) is 7.45. The van der Waals surface area contributed by atoms with E-state index < -0.39 is 0 Å². The van der Waals surface area contributed by atoms with Crippen LogP contribution in [0.15, 0.2) is 30.3 Å². The summed E-state index contributed by atoms with van der Waals surface area (Å²) in [5, 5.41) is 0. The summed E-state index contributed by atoms with van der Waals surface area (Å²) < 4.78 is 0. The number of nitrogens with zero attached hydrogens (tertiary/aromatic N) is 1. The molecule has 2 rings (SSSR count). The van der Waals surface area contributed by atoms with Gasteiger partial charge in [0.05, 0.1) is 0 Å². The fourth-order valence-corrected chi connectivity index (χ4v) is 2.18. The van der Waals surface area contributed by atoms with Gasteiger partial charge in [-0.15, -0.1) is 0 Å². The predicted molar refractivity (Wildman–Crippen MR) is 64.7 cm³/mol. The van der Waals surface area contributed by atoms with Gasteiger partial charge in [0, 0.05) is 6.54 Å². The Morgan fingerprint density at radius 2 is 2.00 bits per heavy atom. The minimum absolute atomic E-state index is 1.20. The molecule has 0 bridgehead atoms. The first-order valence-electron chi connectivity index (χ1n) is 6.03. The molecule has 1 heteroatoms. The lowest BCUT2D eigenvalue weighted by molar-refractivity contribution is 0.260. The van der Waals surface area contributed by atoms with E-state index >= 15 is 0 Å². The third kappa shape index (κ3) is 3.67. The van der Waals surface area contributed by atoms with Crippen LogP contribution in [0.1, 0.15) is 24.8 Å². The largest absolute Gasteiger partial charge is 0.303 e. The summed E-state index contributed by atoms with van der Waals surface area (Å²) in [5.74, 6) is 0. The highest BCUT2D eigenvalue weighted by molar-refractivity contribution is 5.14. The molecule has 1 aromatic carbocycles. The van der Waals surface area contributed by atoms with Crippen LogP contribution in [0.3, 0.4) is 0 Å². The van der Waals surface area contributed by atoms with E-state index in [0.717, 1.165) is 0 Å². The molecule has 1 heterocycles. The van der Waals surface area contributed by atoms with Crippen molar-refractivity contribution in [3.63, 3.8) is 0 Å². The normalized spacial score (nSPS) is 17.9. The fraction of sp³-hybridized carbons (Fsp3) is 0.500. The molecule has 0 aromatic heterocycles. The fourth-order valence-electron chi connectivity index (χ4n) is 2.18. The summed E-state index contributed by atoms with van der Waals surface area (Å²) in [5.41, 5.74) is 1.47. The number of likely N-dealkylation sites (tertiary alicyclic amines) is 1. The van der Waals surface area contributed by atoms with Crippen molar-refractivity contribution in [1.29, 1.82) is 0 Å². The Hall–Kier alpha value is -0.820. The summed E-state index contributed by atoms with van der Waals surface area (Å²) in [7, 11) is 0. The van der Waals surface area contributed by atoms with E-state index in [-0.39, 0.29) is 0 Å². The lowest BCUT2D eigenvalue weighted by atomic mass is 10.1. The van der Waals surface area contributed by atoms with Crippen molar-refractivity contribution < 1.29 is 0 Å². The topological polar surface area (TPSA) is 3.24 Å². The highest BCUT2D eigenvalue weighted by atomic mass is 15.1. The molecule has 1 saturated heterocycles. The van der Waals surface area contributed by atoms with E-state index in [4.69, 9.17) is 0 Å². The Bertz CT molecular complexity index is 262. The third-order valence-electron chi connectivity index (χ3n) is 3.05. The molecule has 0 atom stereocenters. The summed E-state index contributed by atoms with van der Waals surface area (Å²) in [6, 6.07) is 10.8. The SMILES string of the molecule is [CH]1CCCN(CCCc2ccccc2)C1. The molecule has 15 heavy (non-hydrogen) atoms.